The number of hydrogen-bond donors (Lipinski definition) is 1. The number of ether oxygens (including phenoxy) is 1. The fraction of sp³-hybridized carbons (Fsp3) is 0.364. The van der Waals surface area contributed by atoms with Crippen molar-refractivity contribution in [3.8, 4) is 0 Å². The molecule has 1 aliphatic rings. The van der Waals surface area contributed by atoms with Crippen LogP contribution < -0.4 is 5.73 Å². The summed E-state index contributed by atoms with van der Waals surface area (Å²) >= 11 is 0. The Kier molecular flexibility index (Phi) is 2.71. The van der Waals surface area contributed by atoms with Crippen LogP contribution >= 0.6 is 0 Å². The summed E-state index contributed by atoms with van der Waals surface area (Å²) in [4.78, 5) is 11.6. The van der Waals surface area contributed by atoms with Gasteiger partial charge in [0.1, 0.15) is 5.41 Å². The molecule has 1 heterocycles. The van der Waals surface area contributed by atoms with E-state index in [0.717, 1.165) is 6.26 Å². The van der Waals surface area contributed by atoms with Gasteiger partial charge in [0, 0.05) is 6.26 Å². The smallest absolute Gasteiger partial charge is 0.232 e. The van der Waals surface area contributed by atoms with E-state index in [0.29, 0.717) is 5.56 Å². The van der Waals surface area contributed by atoms with Crippen molar-refractivity contribution < 1.29 is 17.9 Å². The average molecular weight is 255 g/mol. The number of carbonyl (C=O) groups is 1. The van der Waals surface area contributed by atoms with Crippen LogP contribution in [0.4, 0.5) is 0 Å². The van der Waals surface area contributed by atoms with Crippen molar-refractivity contribution in [2.75, 3.05) is 19.5 Å². The van der Waals surface area contributed by atoms with Crippen molar-refractivity contribution >= 4 is 15.7 Å². The maximum Gasteiger partial charge on any atom is 0.232 e. The minimum Gasteiger partial charge on any atom is -0.378 e. The van der Waals surface area contributed by atoms with Crippen LogP contribution in [0.2, 0.25) is 0 Å². The molecule has 1 amide bonds. The van der Waals surface area contributed by atoms with E-state index in [1.165, 1.54) is 12.1 Å². The van der Waals surface area contributed by atoms with E-state index < -0.39 is 21.2 Å². The summed E-state index contributed by atoms with van der Waals surface area (Å²) in [6.45, 7) is 0.501. The van der Waals surface area contributed by atoms with Crippen LogP contribution in [0.25, 0.3) is 0 Å². The molecule has 5 nitrogen and oxygen atoms in total. The van der Waals surface area contributed by atoms with Gasteiger partial charge in [0.2, 0.25) is 5.91 Å². The largest absolute Gasteiger partial charge is 0.378 e. The van der Waals surface area contributed by atoms with Crippen molar-refractivity contribution in [2.45, 2.75) is 10.3 Å². The lowest BCUT2D eigenvalue weighted by Crippen LogP contribution is -2.56. The summed E-state index contributed by atoms with van der Waals surface area (Å²) in [6.07, 6.45) is 1.14. The first-order valence-corrected chi connectivity index (χ1v) is 6.94. The zero-order valence-electron chi connectivity index (χ0n) is 9.34. The third-order valence-corrected chi connectivity index (χ3v) is 4.13. The topological polar surface area (TPSA) is 86.5 Å². The van der Waals surface area contributed by atoms with Gasteiger partial charge in [-0.05, 0) is 17.7 Å². The maximum atomic E-state index is 11.4. The Morgan fingerprint density at radius 3 is 2.12 bits per heavy atom. The molecule has 92 valence electrons. The van der Waals surface area contributed by atoms with Crippen molar-refractivity contribution in [2.24, 2.45) is 5.73 Å². The van der Waals surface area contributed by atoms with Crippen LogP contribution in [0.15, 0.2) is 29.2 Å². The molecule has 1 aliphatic heterocycles. The summed E-state index contributed by atoms with van der Waals surface area (Å²) in [7, 11) is -3.22. The standard InChI is InChI=1S/C11H13NO4S/c1-17(14,15)9-4-2-8(3-5-9)11(10(12)13)6-16-7-11/h2-5H,6-7H2,1H3,(H2,12,13). The monoisotopic (exact) mass is 255 g/mol. The second-order valence-electron chi connectivity index (χ2n) is 4.24. The molecule has 2 N–H and O–H groups in total. The molecular formula is C11H13NO4S. The van der Waals surface area contributed by atoms with Crippen molar-refractivity contribution in [3.63, 3.8) is 0 Å². The second-order valence-corrected chi connectivity index (χ2v) is 6.25. The highest BCUT2D eigenvalue weighted by molar-refractivity contribution is 7.90. The van der Waals surface area contributed by atoms with Gasteiger partial charge in [0.05, 0.1) is 18.1 Å². The van der Waals surface area contributed by atoms with Gasteiger partial charge in [-0.3, -0.25) is 4.79 Å². The molecule has 1 fully saturated rings. The maximum absolute atomic E-state index is 11.4. The summed E-state index contributed by atoms with van der Waals surface area (Å²) in [5.41, 5.74) is 5.25. The number of carbonyl (C=O) groups excluding carboxylic acids is 1. The van der Waals surface area contributed by atoms with E-state index in [-0.39, 0.29) is 18.1 Å². The van der Waals surface area contributed by atoms with Gasteiger partial charge >= 0.3 is 0 Å². The number of rotatable bonds is 3. The lowest BCUT2D eigenvalue weighted by atomic mass is 9.78. The third kappa shape index (κ3) is 1.94. The zero-order chi connectivity index (χ0) is 12.7. The molecule has 1 aromatic rings. The van der Waals surface area contributed by atoms with Gasteiger partial charge in [-0.25, -0.2) is 8.42 Å². The number of sulfone groups is 1. The van der Waals surface area contributed by atoms with Crippen LogP contribution in [-0.4, -0.2) is 33.8 Å². The van der Waals surface area contributed by atoms with Crippen LogP contribution in [0, 0.1) is 0 Å². The average Bonchev–Trinajstić information content (AvgIpc) is 2.14. The van der Waals surface area contributed by atoms with E-state index >= 15 is 0 Å². The lowest BCUT2D eigenvalue weighted by molar-refractivity contribution is -0.141. The molecule has 0 bridgehead atoms. The zero-order valence-corrected chi connectivity index (χ0v) is 10.2. The molecular weight excluding hydrogens is 242 g/mol. The SMILES string of the molecule is CS(=O)(=O)c1ccc(C2(C(N)=O)COC2)cc1. The second kappa shape index (κ2) is 3.82. The van der Waals surface area contributed by atoms with Crippen LogP contribution in [0.1, 0.15) is 5.56 Å². The number of amides is 1. The van der Waals surface area contributed by atoms with Crippen molar-refractivity contribution in [1.82, 2.24) is 0 Å². The van der Waals surface area contributed by atoms with Gasteiger partial charge in [0.25, 0.3) is 0 Å². The molecule has 0 saturated carbocycles. The Balaban J connectivity index is 2.39. The first kappa shape index (κ1) is 12.1. The molecule has 2 rings (SSSR count). The fourth-order valence-corrected chi connectivity index (χ4v) is 2.41. The van der Waals surface area contributed by atoms with Crippen molar-refractivity contribution in [3.05, 3.63) is 29.8 Å². The number of primary amides is 1. The van der Waals surface area contributed by atoms with Crippen molar-refractivity contribution in [1.29, 1.82) is 0 Å². The minimum absolute atomic E-state index is 0.223. The molecule has 0 aliphatic carbocycles. The van der Waals surface area contributed by atoms with Gasteiger partial charge in [-0.2, -0.15) is 0 Å². The number of benzene rings is 1. The Morgan fingerprint density at radius 2 is 1.82 bits per heavy atom. The lowest BCUT2D eigenvalue weighted by Gasteiger charge is -2.38. The molecule has 6 heteroatoms. The Bertz CT molecular complexity index is 543. The van der Waals surface area contributed by atoms with Crippen LogP contribution in [0.3, 0.4) is 0 Å². The van der Waals surface area contributed by atoms with E-state index in [1.54, 1.807) is 12.1 Å². The summed E-state index contributed by atoms with van der Waals surface area (Å²) in [6, 6.07) is 6.19. The molecule has 0 radical (unpaired) electrons. The first-order chi connectivity index (χ1) is 7.86. The summed E-state index contributed by atoms with van der Waals surface area (Å²) in [5, 5.41) is 0. The van der Waals surface area contributed by atoms with Crippen LogP contribution in [0.5, 0.6) is 0 Å². The van der Waals surface area contributed by atoms with Gasteiger partial charge < -0.3 is 10.5 Å². The highest BCUT2D eigenvalue weighted by Crippen LogP contribution is 2.32. The predicted octanol–water partition coefficient (Wildman–Crippen LogP) is -0.157. The predicted molar refractivity (Wildman–Crippen MR) is 61.2 cm³/mol. The Morgan fingerprint density at radius 1 is 1.29 bits per heavy atom. The molecule has 1 saturated heterocycles. The Labute approximate surface area is 99.5 Å². The molecule has 0 atom stereocenters. The Hall–Kier alpha value is -1.40. The van der Waals surface area contributed by atoms with Gasteiger partial charge in [-0.1, -0.05) is 12.1 Å². The van der Waals surface area contributed by atoms with E-state index in [1.807, 2.05) is 0 Å². The molecule has 1 aromatic carbocycles. The highest BCUT2D eigenvalue weighted by atomic mass is 32.2. The van der Waals surface area contributed by atoms with E-state index in [2.05, 4.69) is 0 Å². The molecule has 0 aromatic heterocycles. The quantitative estimate of drug-likeness (QED) is 0.813. The highest BCUT2D eigenvalue weighted by Gasteiger charge is 2.46. The molecule has 17 heavy (non-hydrogen) atoms. The molecule has 0 spiro atoms. The number of nitrogens with two attached hydrogens (primary N) is 1. The van der Waals surface area contributed by atoms with E-state index in [9.17, 15) is 13.2 Å². The van der Waals surface area contributed by atoms with E-state index in [4.69, 9.17) is 10.5 Å². The fourth-order valence-electron chi connectivity index (χ4n) is 1.78. The van der Waals surface area contributed by atoms with Crippen LogP contribution in [-0.2, 0) is 24.8 Å². The third-order valence-electron chi connectivity index (χ3n) is 3.00. The number of hydrogen-bond acceptors (Lipinski definition) is 4. The normalized spacial score (nSPS) is 18.4. The first-order valence-electron chi connectivity index (χ1n) is 5.04. The summed E-state index contributed by atoms with van der Waals surface area (Å²) in [5.74, 6) is -0.448. The van der Waals surface area contributed by atoms with Gasteiger partial charge in [-0.15, -0.1) is 0 Å². The van der Waals surface area contributed by atoms with Gasteiger partial charge in [0.15, 0.2) is 9.84 Å². The minimum atomic E-state index is -3.22. The molecule has 0 unspecified atom stereocenters. The summed E-state index contributed by atoms with van der Waals surface area (Å²) < 4.78 is 27.6.